The van der Waals surface area contributed by atoms with Crippen molar-refractivity contribution in [1.82, 2.24) is 4.90 Å². The molecule has 2 aliphatic heterocycles. The van der Waals surface area contributed by atoms with E-state index in [1.807, 2.05) is 24.3 Å². The number of carbonyl (C=O) groups excluding carboxylic acids is 2. The second kappa shape index (κ2) is 6.95. The Morgan fingerprint density at radius 2 is 2.25 bits per heavy atom. The first kappa shape index (κ1) is 16.4. The van der Waals surface area contributed by atoms with Crippen LogP contribution in [0.15, 0.2) is 23.8 Å². The van der Waals surface area contributed by atoms with Gasteiger partial charge in [0.15, 0.2) is 0 Å². The molecule has 3 rings (SSSR count). The number of primary amides is 1. The van der Waals surface area contributed by atoms with Gasteiger partial charge in [-0.2, -0.15) is 0 Å². The zero-order chi connectivity index (χ0) is 17.1. The van der Waals surface area contributed by atoms with Crippen molar-refractivity contribution in [2.45, 2.75) is 19.8 Å². The second-order valence-corrected chi connectivity index (χ2v) is 6.15. The fourth-order valence-corrected chi connectivity index (χ4v) is 2.96. The quantitative estimate of drug-likeness (QED) is 0.889. The lowest BCUT2D eigenvalue weighted by atomic mass is 10.1. The summed E-state index contributed by atoms with van der Waals surface area (Å²) < 4.78 is 11.3. The van der Waals surface area contributed by atoms with E-state index >= 15 is 0 Å². The van der Waals surface area contributed by atoms with Gasteiger partial charge in [0.2, 0.25) is 5.91 Å². The summed E-state index contributed by atoms with van der Waals surface area (Å²) in [6.45, 7) is 3.88. The van der Waals surface area contributed by atoms with Crippen LogP contribution in [0.3, 0.4) is 0 Å². The lowest BCUT2D eigenvalue weighted by molar-refractivity contribution is -0.127. The highest BCUT2D eigenvalue weighted by Crippen LogP contribution is 2.31. The van der Waals surface area contributed by atoms with Crippen molar-refractivity contribution in [3.8, 4) is 11.5 Å². The van der Waals surface area contributed by atoms with E-state index < -0.39 is 0 Å². The molecular formula is C18H22N2O4. The number of benzene rings is 1. The van der Waals surface area contributed by atoms with Crippen molar-refractivity contribution in [3.05, 3.63) is 29.3 Å². The van der Waals surface area contributed by atoms with Crippen LogP contribution in [0.5, 0.6) is 11.5 Å². The van der Waals surface area contributed by atoms with E-state index in [2.05, 4.69) is 6.92 Å². The third-order valence-corrected chi connectivity index (χ3v) is 4.32. The van der Waals surface area contributed by atoms with Crippen LogP contribution in [-0.4, -0.2) is 43.0 Å². The van der Waals surface area contributed by atoms with Gasteiger partial charge in [0, 0.05) is 24.7 Å². The molecule has 0 unspecified atom stereocenters. The van der Waals surface area contributed by atoms with E-state index in [9.17, 15) is 9.59 Å². The minimum Gasteiger partial charge on any atom is -0.493 e. The van der Waals surface area contributed by atoms with Gasteiger partial charge in [-0.25, -0.2) is 0 Å². The van der Waals surface area contributed by atoms with Gasteiger partial charge in [-0.15, -0.1) is 0 Å². The summed E-state index contributed by atoms with van der Waals surface area (Å²) in [7, 11) is 0. The van der Waals surface area contributed by atoms with Crippen molar-refractivity contribution in [2.75, 3.05) is 26.3 Å². The Labute approximate surface area is 141 Å². The number of carbonyl (C=O) groups is 2. The van der Waals surface area contributed by atoms with Crippen LogP contribution in [-0.2, 0) is 9.59 Å². The molecule has 2 N–H and O–H groups in total. The first-order valence-corrected chi connectivity index (χ1v) is 8.27. The van der Waals surface area contributed by atoms with E-state index in [1.165, 1.54) is 0 Å². The molecule has 0 bridgehead atoms. The molecule has 1 aromatic rings. The van der Waals surface area contributed by atoms with Crippen LogP contribution < -0.4 is 15.2 Å². The number of amides is 2. The van der Waals surface area contributed by atoms with Crippen LogP contribution in [0.4, 0.5) is 0 Å². The second-order valence-electron chi connectivity index (χ2n) is 6.15. The number of likely N-dealkylation sites (tertiary alicyclic amines) is 1. The monoisotopic (exact) mass is 330 g/mol. The molecule has 0 saturated carbocycles. The Kier molecular flexibility index (Phi) is 4.74. The third kappa shape index (κ3) is 3.37. The predicted octanol–water partition coefficient (Wildman–Crippen LogP) is 1.58. The zero-order valence-electron chi connectivity index (χ0n) is 13.8. The maximum Gasteiger partial charge on any atom is 0.253 e. The van der Waals surface area contributed by atoms with Gasteiger partial charge >= 0.3 is 0 Å². The first-order valence-electron chi connectivity index (χ1n) is 8.27. The number of nitrogens with two attached hydrogens (primary N) is 1. The maximum absolute atomic E-state index is 12.6. The molecule has 6 heteroatoms. The summed E-state index contributed by atoms with van der Waals surface area (Å²) in [5.74, 6) is 0.809. The van der Waals surface area contributed by atoms with Gasteiger partial charge in [-0.05, 0) is 31.1 Å². The molecule has 0 spiro atoms. The number of rotatable bonds is 5. The van der Waals surface area contributed by atoms with Crippen LogP contribution >= 0.6 is 0 Å². The Hall–Kier alpha value is -2.50. The van der Waals surface area contributed by atoms with Gasteiger partial charge in [0.1, 0.15) is 18.1 Å². The molecular weight excluding hydrogens is 308 g/mol. The van der Waals surface area contributed by atoms with Gasteiger partial charge in [0.05, 0.1) is 18.1 Å². The molecule has 0 aliphatic carbocycles. The SMILES string of the molecule is CCCOc1ccc2c(c1)OCC(C(=O)N1CC[C@H](C(N)=O)C1)=C2. The van der Waals surface area contributed by atoms with Crippen molar-refractivity contribution < 1.29 is 19.1 Å². The third-order valence-electron chi connectivity index (χ3n) is 4.32. The van der Waals surface area contributed by atoms with Gasteiger partial charge in [-0.3, -0.25) is 9.59 Å². The fraction of sp³-hybridized carbons (Fsp3) is 0.444. The first-order chi connectivity index (χ1) is 11.6. The number of hydrogen-bond donors (Lipinski definition) is 1. The summed E-state index contributed by atoms with van der Waals surface area (Å²) in [4.78, 5) is 25.5. The Balaban J connectivity index is 1.71. The van der Waals surface area contributed by atoms with E-state index in [0.717, 1.165) is 23.5 Å². The standard InChI is InChI=1S/C18H22N2O4/c1-2-7-23-15-4-3-12-8-14(11-24-16(12)9-15)18(22)20-6-5-13(10-20)17(19)21/h3-4,8-9,13H,2,5-7,10-11H2,1H3,(H2,19,21)/t13-/m0/s1. The van der Waals surface area contributed by atoms with Crippen LogP contribution in [0.25, 0.3) is 6.08 Å². The lowest BCUT2D eigenvalue weighted by Gasteiger charge is -2.22. The number of hydrogen-bond acceptors (Lipinski definition) is 4. The van der Waals surface area contributed by atoms with Crippen LogP contribution in [0, 0.1) is 5.92 Å². The molecule has 0 radical (unpaired) electrons. The highest BCUT2D eigenvalue weighted by atomic mass is 16.5. The largest absolute Gasteiger partial charge is 0.493 e. The number of fused-ring (bicyclic) bond motifs is 1. The van der Waals surface area contributed by atoms with Crippen molar-refractivity contribution in [3.63, 3.8) is 0 Å². The number of ether oxygens (including phenoxy) is 2. The maximum atomic E-state index is 12.6. The Morgan fingerprint density at radius 1 is 1.42 bits per heavy atom. The van der Waals surface area contributed by atoms with E-state index in [4.69, 9.17) is 15.2 Å². The average molecular weight is 330 g/mol. The summed E-state index contributed by atoms with van der Waals surface area (Å²) >= 11 is 0. The minimum absolute atomic E-state index is 0.0873. The predicted molar refractivity (Wildman–Crippen MR) is 89.6 cm³/mol. The van der Waals surface area contributed by atoms with E-state index in [1.54, 1.807) is 4.90 Å². The highest BCUT2D eigenvalue weighted by Gasteiger charge is 2.31. The van der Waals surface area contributed by atoms with Crippen LogP contribution in [0.1, 0.15) is 25.3 Å². The topological polar surface area (TPSA) is 81.9 Å². The summed E-state index contributed by atoms with van der Waals surface area (Å²) in [5.41, 5.74) is 6.78. The fourth-order valence-electron chi connectivity index (χ4n) is 2.96. The number of nitrogens with zero attached hydrogens (tertiary/aromatic N) is 1. The molecule has 1 fully saturated rings. The van der Waals surface area contributed by atoms with Gasteiger partial charge < -0.3 is 20.1 Å². The smallest absolute Gasteiger partial charge is 0.253 e. The normalized spacial score (nSPS) is 19.3. The average Bonchev–Trinajstić information content (AvgIpc) is 3.09. The van der Waals surface area contributed by atoms with E-state index in [0.29, 0.717) is 31.7 Å². The molecule has 2 aliphatic rings. The summed E-state index contributed by atoms with van der Waals surface area (Å²) in [6.07, 6.45) is 3.42. The van der Waals surface area contributed by atoms with Gasteiger partial charge in [-0.1, -0.05) is 6.92 Å². The van der Waals surface area contributed by atoms with Crippen LogP contribution in [0.2, 0.25) is 0 Å². The highest BCUT2D eigenvalue weighted by molar-refractivity contribution is 5.99. The molecule has 2 amide bonds. The molecule has 24 heavy (non-hydrogen) atoms. The molecule has 1 aromatic carbocycles. The molecule has 1 atom stereocenters. The van der Waals surface area contributed by atoms with E-state index in [-0.39, 0.29) is 24.3 Å². The van der Waals surface area contributed by atoms with Crippen molar-refractivity contribution in [1.29, 1.82) is 0 Å². The van der Waals surface area contributed by atoms with Crippen molar-refractivity contribution >= 4 is 17.9 Å². The summed E-state index contributed by atoms with van der Waals surface area (Å²) in [5, 5.41) is 0. The van der Waals surface area contributed by atoms with Crippen molar-refractivity contribution in [2.24, 2.45) is 11.7 Å². The zero-order valence-corrected chi connectivity index (χ0v) is 13.8. The molecule has 1 saturated heterocycles. The lowest BCUT2D eigenvalue weighted by Crippen LogP contribution is -2.34. The minimum atomic E-state index is -0.343. The molecule has 6 nitrogen and oxygen atoms in total. The molecule has 0 aromatic heterocycles. The molecule has 2 heterocycles. The molecule has 128 valence electrons. The Bertz CT molecular complexity index is 684. The van der Waals surface area contributed by atoms with Gasteiger partial charge in [0.25, 0.3) is 5.91 Å². The Morgan fingerprint density at radius 3 is 2.96 bits per heavy atom. The summed E-state index contributed by atoms with van der Waals surface area (Å²) in [6, 6.07) is 5.62.